The van der Waals surface area contributed by atoms with Crippen LogP contribution >= 0.6 is 0 Å². The fourth-order valence-corrected chi connectivity index (χ4v) is 1.88. The van der Waals surface area contributed by atoms with E-state index in [2.05, 4.69) is 0 Å². The molecule has 2 rings (SSSR count). The summed E-state index contributed by atoms with van der Waals surface area (Å²) in [5.74, 6) is -4.25. The van der Waals surface area contributed by atoms with Crippen LogP contribution in [0.1, 0.15) is 19.8 Å². The van der Waals surface area contributed by atoms with Crippen molar-refractivity contribution in [2.24, 2.45) is 11.8 Å². The third kappa shape index (κ3) is 3.12. The molecule has 1 aromatic rings. The van der Waals surface area contributed by atoms with Crippen LogP contribution in [-0.2, 0) is 9.59 Å². The maximum absolute atomic E-state index is 13.3. The fourth-order valence-electron chi connectivity index (χ4n) is 1.88. The lowest BCUT2D eigenvalue weighted by Crippen LogP contribution is -2.38. The average Bonchev–Trinajstić information content (AvgIpc) is 3.22. The molecule has 1 unspecified atom stereocenters. The fraction of sp³-hybridized carbons (Fsp3) is 0.429. The zero-order valence-corrected chi connectivity index (χ0v) is 11.0. The Balaban J connectivity index is 2.27. The van der Waals surface area contributed by atoms with Gasteiger partial charge in [-0.25, -0.2) is 8.78 Å². The van der Waals surface area contributed by atoms with E-state index in [1.54, 1.807) is 0 Å². The number of hydrogen-bond acceptors (Lipinski definition) is 2. The summed E-state index contributed by atoms with van der Waals surface area (Å²) in [6, 6.07) is 3.14. The van der Waals surface area contributed by atoms with Crippen molar-refractivity contribution >= 4 is 17.6 Å². The highest BCUT2D eigenvalue weighted by Gasteiger charge is 2.35. The molecule has 1 fully saturated rings. The van der Waals surface area contributed by atoms with E-state index in [-0.39, 0.29) is 24.1 Å². The lowest BCUT2D eigenvalue weighted by Gasteiger charge is -2.25. The number of carboxylic acids is 1. The van der Waals surface area contributed by atoms with Crippen molar-refractivity contribution in [2.45, 2.75) is 19.8 Å². The van der Waals surface area contributed by atoms with Gasteiger partial charge in [0.15, 0.2) is 11.6 Å². The Bertz CT molecular complexity index is 543. The maximum atomic E-state index is 13.3. The highest BCUT2D eigenvalue weighted by Crippen LogP contribution is 2.33. The molecule has 0 saturated heterocycles. The minimum atomic E-state index is -1.06. The first kappa shape index (κ1) is 14.4. The van der Waals surface area contributed by atoms with Crippen molar-refractivity contribution in [1.82, 2.24) is 0 Å². The standard InChI is InChI=1S/C14H15F2NO3/c1-8(14(19)20)7-17(13(18)9-2-3-9)10-4-5-11(15)12(16)6-10/h4-6,8-9H,2-3,7H2,1H3,(H,19,20). The number of halogens is 2. The van der Waals surface area contributed by atoms with Gasteiger partial charge < -0.3 is 10.0 Å². The van der Waals surface area contributed by atoms with Crippen LogP contribution in [0.3, 0.4) is 0 Å². The van der Waals surface area contributed by atoms with Gasteiger partial charge in [-0.05, 0) is 25.0 Å². The molecule has 1 amide bonds. The SMILES string of the molecule is CC(CN(C(=O)C1CC1)c1ccc(F)c(F)c1)C(=O)O. The number of anilines is 1. The third-order valence-electron chi connectivity index (χ3n) is 3.29. The number of carbonyl (C=O) groups is 2. The molecule has 0 aromatic heterocycles. The van der Waals surface area contributed by atoms with Gasteiger partial charge in [-0.3, -0.25) is 9.59 Å². The van der Waals surface area contributed by atoms with Gasteiger partial charge in [0.05, 0.1) is 5.92 Å². The smallest absolute Gasteiger partial charge is 0.308 e. The number of carboxylic acid groups (broad SMARTS) is 1. The lowest BCUT2D eigenvalue weighted by atomic mass is 10.1. The monoisotopic (exact) mass is 283 g/mol. The van der Waals surface area contributed by atoms with Gasteiger partial charge in [-0.1, -0.05) is 6.92 Å². The van der Waals surface area contributed by atoms with E-state index in [1.165, 1.54) is 17.9 Å². The van der Waals surface area contributed by atoms with Gasteiger partial charge in [0.2, 0.25) is 5.91 Å². The van der Waals surface area contributed by atoms with Crippen LogP contribution in [0, 0.1) is 23.5 Å². The Labute approximate surface area is 115 Å². The van der Waals surface area contributed by atoms with Crippen LogP contribution in [0.4, 0.5) is 14.5 Å². The number of rotatable bonds is 5. The normalized spacial score (nSPS) is 15.8. The molecule has 1 N–H and O–H groups in total. The number of benzene rings is 1. The van der Waals surface area contributed by atoms with Crippen molar-refractivity contribution < 1.29 is 23.5 Å². The maximum Gasteiger partial charge on any atom is 0.308 e. The molecule has 0 heterocycles. The molecule has 1 saturated carbocycles. The van der Waals surface area contributed by atoms with Crippen LogP contribution < -0.4 is 4.90 Å². The second kappa shape index (κ2) is 5.56. The summed E-state index contributed by atoms with van der Waals surface area (Å²) < 4.78 is 26.2. The number of aliphatic carboxylic acids is 1. The molecular formula is C14H15F2NO3. The second-order valence-corrected chi connectivity index (χ2v) is 5.06. The zero-order chi connectivity index (χ0) is 14.9. The number of nitrogens with zero attached hydrogens (tertiary/aromatic N) is 1. The van der Waals surface area contributed by atoms with Gasteiger partial charge in [0.25, 0.3) is 0 Å². The minimum absolute atomic E-state index is 0.0598. The molecule has 0 spiro atoms. The molecule has 1 aliphatic carbocycles. The summed E-state index contributed by atoms with van der Waals surface area (Å²) in [4.78, 5) is 24.3. The van der Waals surface area contributed by atoms with Gasteiger partial charge in [-0.2, -0.15) is 0 Å². The molecular weight excluding hydrogens is 268 g/mol. The number of hydrogen-bond donors (Lipinski definition) is 1. The summed E-state index contributed by atoms with van der Waals surface area (Å²) in [6.07, 6.45) is 1.50. The molecule has 1 aromatic carbocycles. The minimum Gasteiger partial charge on any atom is -0.481 e. The summed E-state index contributed by atoms with van der Waals surface area (Å²) in [7, 11) is 0. The summed E-state index contributed by atoms with van der Waals surface area (Å²) in [5.41, 5.74) is 0.189. The van der Waals surface area contributed by atoms with Crippen molar-refractivity contribution in [2.75, 3.05) is 11.4 Å². The van der Waals surface area contributed by atoms with E-state index >= 15 is 0 Å². The topological polar surface area (TPSA) is 57.6 Å². The summed E-state index contributed by atoms with van der Waals surface area (Å²) in [5, 5.41) is 8.94. The summed E-state index contributed by atoms with van der Waals surface area (Å²) >= 11 is 0. The van der Waals surface area contributed by atoms with Crippen LogP contribution in [-0.4, -0.2) is 23.5 Å². The summed E-state index contributed by atoms with van der Waals surface area (Å²) in [6.45, 7) is 1.41. The quantitative estimate of drug-likeness (QED) is 0.903. The highest BCUT2D eigenvalue weighted by molar-refractivity contribution is 5.97. The molecule has 1 aliphatic rings. The second-order valence-electron chi connectivity index (χ2n) is 5.06. The van der Waals surface area contributed by atoms with Gasteiger partial charge in [0, 0.05) is 24.2 Å². The zero-order valence-electron chi connectivity index (χ0n) is 11.0. The molecule has 108 valence electrons. The van der Waals surface area contributed by atoms with Crippen LogP contribution in [0.5, 0.6) is 0 Å². The number of carbonyl (C=O) groups excluding carboxylic acids is 1. The molecule has 4 nitrogen and oxygen atoms in total. The van der Waals surface area contributed by atoms with E-state index in [4.69, 9.17) is 5.11 Å². The molecule has 6 heteroatoms. The first-order valence-electron chi connectivity index (χ1n) is 6.39. The van der Waals surface area contributed by atoms with E-state index in [0.29, 0.717) is 0 Å². The van der Waals surface area contributed by atoms with E-state index in [1.807, 2.05) is 0 Å². The first-order valence-corrected chi connectivity index (χ1v) is 6.39. The Hall–Kier alpha value is -1.98. The van der Waals surface area contributed by atoms with Gasteiger partial charge >= 0.3 is 5.97 Å². The number of amides is 1. The van der Waals surface area contributed by atoms with Gasteiger partial charge in [0.1, 0.15) is 0 Å². The van der Waals surface area contributed by atoms with Crippen LogP contribution in [0.25, 0.3) is 0 Å². The van der Waals surface area contributed by atoms with Gasteiger partial charge in [-0.15, -0.1) is 0 Å². The molecule has 0 aliphatic heterocycles. The predicted molar refractivity (Wildman–Crippen MR) is 68.2 cm³/mol. The highest BCUT2D eigenvalue weighted by atomic mass is 19.2. The van der Waals surface area contributed by atoms with E-state index < -0.39 is 23.5 Å². The van der Waals surface area contributed by atoms with E-state index in [0.717, 1.165) is 25.0 Å². The Morgan fingerprint density at radius 3 is 2.50 bits per heavy atom. The lowest BCUT2D eigenvalue weighted by molar-refractivity contribution is -0.140. The predicted octanol–water partition coefficient (Wildman–Crippen LogP) is 2.43. The third-order valence-corrected chi connectivity index (χ3v) is 3.29. The van der Waals surface area contributed by atoms with Crippen LogP contribution in [0.15, 0.2) is 18.2 Å². The molecule has 0 bridgehead atoms. The molecule has 20 heavy (non-hydrogen) atoms. The largest absolute Gasteiger partial charge is 0.481 e. The van der Waals surface area contributed by atoms with Crippen molar-refractivity contribution in [3.8, 4) is 0 Å². The van der Waals surface area contributed by atoms with Crippen molar-refractivity contribution in [3.63, 3.8) is 0 Å². The Kier molecular flexibility index (Phi) is 4.01. The van der Waals surface area contributed by atoms with Crippen LogP contribution in [0.2, 0.25) is 0 Å². The first-order chi connectivity index (χ1) is 9.40. The van der Waals surface area contributed by atoms with Crippen molar-refractivity contribution in [3.05, 3.63) is 29.8 Å². The van der Waals surface area contributed by atoms with Crippen molar-refractivity contribution in [1.29, 1.82) is 0 Å². The van der Waals surface area contributed by atoms with E-state index in [9.17, 15) is 18.4 Å². The Morgan fingerprint density at radius 2 is 2.00 bits per heavy atom. The Morgan fingerprint density at radius 1 is 1.35 bits per heavy atom. The molecule has 0 radical (unpaired) electrons. The average molecular weight is 283 g/mol. The molecule has 1 atom stereocenters.